The highest BCUT2D eigenvalue weighted by Gasteiger charge is 2.27. The Morgan fingerprint density at radius 3 is 2.36 bits per heavy atom. The molecule has 7 nitrogen and oxygen atoms in total. The number of hydrogen-bond donors (Lipinski definition) is 1. The van der Waals surface area contributed by atoms with Gasteiger partial charge in [-0.25, -0.2) is 9.97 Å². The van der Waals surface area contributed by atoms with Crippen LogP contribution < -0.4 is 10.2 Å². The molecule has 3 rings (SSSR count). The molecular formula is C18H21N5O2. The van der Waals surface area contributed by atoms with Crippen LogP contribution in [-0.4, -0.2) is 52.9 Å². The van der Waals surface area contributed by atoms with Gasteiger partial charge in [-0.1, -0.05) is 12.1 Å². The Morgan fingerprint density at radius 1 is 1.00 bits per heavy atom. The highest BCUT2D eigenvalue weighted by molar-refractivity contribution is 6.39. The Labute approximate surface area is 146 Å². The van der Waals surface area contributed by atoms with Crippen LogP contribution in [0.15, 0.2) is 36.7 Å². The maximum Gasteiger partial charge on any atom is 0.313 e. The van der Waals surface area contributed by atoms with Gasteiger partial charge in [-0.05, 0) is 37.1 Å². The molecule has 1 fully saturated rings. The molecule has 0 radical (unpaired) electrons. The van der Waals surface area contributed by atoms with Crippen molar-refractivity contribution in [1.82, 2.24) is 14.9 Å². The lowest BCUT2D eigenvalue weighted by Gasteiger charge is -2.34. The van der Waals surface area contributed by atoms with Crippen molar-refractivity contribution in [3.8, 4) is 0 Å². The molecule has 2 aromatic rings. The summed E-state index contributed by atoms with van der Waals surface area (Å²) in [5, 5.41) is 2.72. The third kappa shape index (κ3) is 3.76. The standard InChI is InChI=1S/C18H21N5O2/c1-13-5-3-6-15(14(13)2)21-16(24)17(25)22-9-11-23(12-10-22)18-19-7-4-8-20-18/h3-8H,9-12H2,1-2H3,(H,21,24). The predicted molar refractivity (Wildman–Crippen MR) is 95.4 cm³/mol. The van der Waals surface area contributed by atoms with Crippen LogP contribution in [0.2, 0.25) is 0 Å². The molecule has 1 aromatic carbocycles. The van der Waals surface area contributed by atoms with Crippen molar-refractivity contribution in [2.75, 3.05) is 36.4 Å². The zero-order chi connectivity index (χ0) is 17.8. The van der Waals surface area contributed by atoms with Crippen LogP contribution in [0.25, 0.3) is 0 Å². The van der Waals surface area contributed by atoms with Gasteiger partial charge in [0.1, 0.15) is 0 Å². The van der Waals surface area contributed by atoms with Crippen molar-refractivity contribution in [3.05, 3.63) is 47.8 Å². The van der Waals surface area contributed by atoms with E-state index in [4.69, 9.17) is 0 Å². The SMILES string of the molecule is Cc1cccc(NC(=O)C(=O)N2CCN(c3ncccn3)CC2)c1C. The van der Waals surface area contributed by atoms with Crippen LogP contribution in [0, 0.1) is 13.8 Å². The first-order valence-electron chi connectivity index (χ1n) is 8.24. The Kier molecular flexibility index (Phi) is 4.92. The van der Waals surface area contributed by atoms with Gasteiger partial charge in [0, 0.05) is 44.3 Å². The molecule has 0 saturated carbocycles. The molecule has 0 spiro atoms. The number of hydrogen-bond acceptors (Lipinski definition) is 5. The van der Waals surface area contributed by atoms with Crippen molar-refractivity contribution in [1.29, 1.82) is 0 Å². The second kappa shape index (κ2) is 7.29. The van der Waals surface area contributed by atoms with E-state index in [9.17, 15) is 9.59 Å². The van der Waals surface area contributed by atoms with E-state index < -0.39 is 11.8 Å². The lowest BCUT2D eigenvalue weighted by Crippen LogP contribution is -2.52. The van der Waals surface area contributed by atoms with Crippen LogP contribution in [0.5, 0.6) is 0 Å². The number of piperazine rings is 1. The van der Waals surface area contributed by atoms with Crippen LogP contribution >= 0.6 is 0 Å². The van der Waals surface area contributed by atoms with Gasteiger partial charge in [0.15, 0.2) is 0 Å². The zero-order valence-electron chi connectivity index (χ0n) is 14.4. The number of benzene rings is 1. The van der Waals surface area contributed by atoms with Gasteiger partial charge in [0.2, 0.25) is 5.95 Å². The first-order valence-corrected chi connectivity index (χ1v) is 8.24. The molecule has 7 heteroatoms. The average molecular weight is 339 g/mol. The van der Waals surface area contributed by atoms with Crippen LogP contribution in [0.3, 0.4) is 0 Å². The molecule has 1 aromatic heterocycles. The number of amides is 2. The Balaban J connectivity index is 1.59. The van der Waals surface area contributed by atoms with E-state index in [2.05, 4.69) is 15.3 Å². The number of nitrogens with one attached hydrogen (secondary N) is 1. The first kappa shape index (κ1) is 16.9. The van der Waals surface area contributed by atoms with Gasteiger partial charge >= 0.3 is 11.8 Å². The molecule has 2 amide bonds. The minimum absolute atomic E-state index is 0.470. The van der Waals surface area contributed by atoms with Gasteiger partial charge in [0.05, 0.1) is 0 Å². The van der Waals surface area contributed by atoms with Crippen LogP contribution in [0.1, 0.15) is 11.1 Å². The van der Waals surface area contributed by atoms with Gasteiger partial charge < -0.3 is 15.1 Å². The van der Waals surface area contributed by atoms with Crippen LogP contribution in [-0.2, 0) is 9.59 Å². The van der Waals surface area contributed by atoms with Crippen molar-refractivity contribution in [2.45, 2.75) is 13.8 Å². The summed E-state index contributed by atoms with van der Waals surface area (Å²) in [5.41, 5.74) is 2.71. The number of nitrogens with zero attached hydrogens (tertiary/aromatic N) is 4. The third-order valence-electron chi connectivity index (χ3n) is 4.45. The zero-order valence-corrected chi connectivity index (χ0v) is 14.4. The summed E-state index contributed by atoms with van der Waals surface area (Å²) in [7, 11) is 0. The monoisotopic (exact) mass is 339 g/mol. The number of carbonyl (C=O) groups excluding carboxylic acids is 2. The molecule has 1 aliphatic rings. The molecule has 0 bridgehead atoms. The van der Waals surface area contributed by atoms with Crippen molar-refractivity contribution < 1.29 is 9.59 Å². The largest absolute Gasteiger partial charge is 0.337 e. The summed E-state index contributed by atoms with van der Waals surface area (Å²) in [6.07, 6.45) is 3.38. The molecule has 1 N–H and O–H groups in total. The van der Waals surface area contributed by atoms with Crippen molar-refractivity contribution in [2.24, 2.45) is 0 Å². The van der Waals surface area contributed by atoms with Gasteiger partial charge in [-0.15, -0.1) is 0 Å². The summed E-state index contributed by atoms with van der Waals surface area (Å²) in [5.74, 6) is -0.456. The minimum atomic E-state index is -0.599. The fourth-order valence-corrected chi connectivity index (χ4v) is 2.77. The molecule has 25 heavy (non-hydrogen) atoms. The molecule has 0 unspecified atom stereocenters. The minimum Gasteiger partial charge on any atom is -0.337 e. The normalized spacial score (nSPS) is 14.3. The predicted octanol–water partition coefficient (Wildman–Crippen LogP) is 1.38. The summed E-state index contributed by atoms with van der Waals surface area (Å²) < 4.78 is 0. The molecule has 0 atom stereocenters. The van der Waals surface area contributed by atoms with Gasteiger partial charge in [-0.3, -0.25) is 9.59 Å². The van der Waals surface area contributed by atoms with E-state index in [-0.39, 0.29) is 0 Å². The highest BCUT2D eigenvalue weighted by Crippen LogP contribution is 2.18. The number of aryl methyl sites for hydroxylation is 1. The number of rotatable bonds is 2. The first-order chi connectivity index (χ1) is 12.1. The fourth-order valence-electron chi connectivity index (χ4n) is 2.77. The number of carbonyl (C=O) groups is 2. The summed E-state index contributed by atoms with van der Waals surface area (Å²) in [6.45, 7) is 6.04. The fraction of sp³-hybridized carbons (Fsp3) is 0.333. The van der Waals surface area contributed by atoms with E-state index in [1.807, 2.05) is 30.9 Å². The number of aromatic nitrogens is 2. The maximum absolute atomic E-state index is 12.4. The van der Waals surface area contributed by atoms with Gasteiger partial charge in [-0.2, -0.15) is 0 Å². The van der Waals surface area contributed by atoms with E-state index in [1.54, 1.807) is 29.4 Å². The van der Waals surface area contributed by atoms with E-state index in [0.29, 0.717) is 37.8 Å². The van der Waals surface area contributed by atoms with Crippen molar-refractivity contribution in [3.63, 3.8) is 0 Å². The second-order valence-electron chi connectivity index (χ2n) is 6.03. The van der Waals surface area contributed by atoms with Gasteiger partial charge in [0.25, 0.3) is 0 Å². The molecule has 1 saturated heterocycles. The third-order valence-corrected chi connectivity index (χ3v) is 4.45. The average Bonchev–Trinajstić information content (AvgIpc) is 2.65. The lowest BCUT2D eigenvalue weighted by molar-refractivity contribution is -0.143. The summed E-state index contributed by atoms with van der Waals surface area (Å²) in [4.78, 5) is 36.7. The summed E-state index contributed by atoms with van der Waals surface area (Å²) in [6, 6.07) is 7.40. The van der Waals surface area contributed by atoms with E-state index >= 15 is 0 Å². The second-order valence-corrected chi connectivity index (χ2v) is 6.03. The highest BCUT2D eigenvalue weighted by atomic mass is 16.2. The lowest BCUT2D eigenvalue weighted by atomic mass is 10.1. The Bertz CT molecular complexity index is 770. The quantitative estimate of drug-likeness (QED) is 0.837. The molecule has 1 aliphatic heterocycles. The van der Waals surface area contributed by atoms with E-state index in [0.717, 1.165) is 11.1 Å². The van der Waals surface area contributed by atoms with Crippen molar-refractivity contribution >= 4 is 23.5 Å². The molecular weight excluding hydrogens is 318 g/mol. The Hall–Kier alpha value is -2.96. The molecule has 2 heterocycles. The Morgan fingerprint density at radius 2 is 1.68 bits per heavy atom. The smallest absolute Gasteiger partial charge is 0.313 e. The summed E-state index contributed by atoms with van der Waals surface area (Å²) >= 11 is 0. The maximum atomic E-state index is 12.4. The topological polar surface area (TPSA) is 78.4 Å². The number of anilines is 2. The molecule has 0 aliphatic carbocycles. The molecule has 130 valence electrons. The van der Waals surface area contributed by atoms with E-state index in [1.165, 1.54) is 0 Å². The van der Waals surface area contributed by atoms with Crippen LogP contribution in [0.4, 0.5) is 11.6 Å².